The zero-order valence-electron chi connectivity index (χ0n) is 42.4. The van der Waals surface area contributed by atoms with Gasteiger partial charge in [0.25, 0.3) is 50.6 Å². The number of rotatable bonds is 15. The lowest BCUT2D eigenvalue weighted by atomic mass is 10.1. The number of nitrogen functional groups attached to an aromatic ring is 2. The van der Waals surface area contributed by atoms with Gasteiger partial charge in [-0.15, -0.1) is 35.8 Å². The Morgan fingerprint density at radius 3 is 1.12 bits per heavy atom. The molecule has 0 spiro atoms. The standard InChI is InChI=1S/C52H37N11O17S5/c53-28-3-1-26-19-47(84(75,76)77)49(51(64)37(26)21-28)62-59-42-16-17-43(39-24-33(81(66,67)68)11-13-36(39)42)58-61-45-14-9-32(23-46(45)83(72,73)74)55-30-5-7-31(8-6-30)56-57-41-15-18-44(40-25-34(82(69,70)71)10-12-35(40)41)60-63-50-48(85(78,79)80)20-27-2-4-29(54)22-38(27)52(50)65/h1-25,55,64-65H,53-54H2,(H,66,67,68)(H,69,70,71)(H,72,73,74)(H,75,76,77)(H,78,79,80). The van der Waals surface area contributed by atoms with Crippen molar-refractivity contribution in [3.05, 3.63) is 152 Å². The van der Waals surface area contributed by atoms with Crippen LogP contribution in [-0.2, 0) is 50.6 Å². The topological polar surface area (TPSA) is 475 Å². The van der Waals surface area contributed by atoms with Crippen molar-refractivity contribution >= 4 is 162 Å². The minimum absolute atomic E-state index is 0.0107. The van der Waals surface area contributed by atoms with E-state index >= 15 is 0 Å². The molecule has 0 amide bonds. The first kappa shape index (κ1) is 58.4. The van der Waals surface area contributed by atoms with Crippen LogP contribution in [0, 0.1) is 0 Å². The van der Waals surface area contributed by atoms with Crippen molar-refractivity contribution in [1.82, 2.24) is 0 Å². The molecule has 0 unspecified atom stereocenters. The summed E-state index contributed by atoms with van der Waals surface area (Å²) in [6, 6.07) is 31.9. The Balaban J connectivity index is 0.922. The van der Waals surface area contributed by atoms with Crippen molar-refractivity contribution in [2.24, 2.45) is 40.9 Å². The van der Waals surface area contributed by atoms with E-state index in [9.17, 15) is 75.1 Å². The number of anilines is 4. The molecule has 0 saturated carbocycles. The van der Waals surface area contributed by atoms with Crippen LogP contribution in [0.3, 0.4) is 0 Å². The molecule has 12 N–H and O–H groups in total. The van der Waals surface area contributed by atoms with Crippen molar-refractivity contribution in [2.75, 3.05) is 16.8 Å². The van der Waals surface area contributed by atoms with Gasteiger partial charge in [0.05, 0.1) is 38.2 Å². The molecule has 0 atom stereocenters. The van der Waals surface area contributed by atoms with E-state index in [1.165, 1.54) is 109 Å². The number of azo groups is 4. The van der Waals surface area contributed by atoms with Crippen LogP contribution in [0.25, 0.3) is 43.1 Å². The van der Waals surface area contributed by atoms with Crippen LogP contribution in [0.4, 0.5) is 68.2 Å². The third-order valence-electron chi connectivity index (χ3n) is 12.6. The lowest BCUT2D eigenvalue weighted by Gasteiger charge is -2.10. The van der Waals surface area contributed by atoms with E-state index < -0.39 is 104 Å². The lowest BCUT2D eigenvalue weighted by Crippen LogP contribution is -2.00. The maximum Gasteiger partial charge on any atom is 0.296 e. The highest BCUT2D eigenvalue weighted by Gasteiger charge is 2.25. The fourth-order valence-corrected chi connectivity index (χ4v) is 11.6. The third-order valence-corrected chi connectivity index (χ3v) is 17.0. The molecular formula is C52H37N11O17S5. The van der Waals surface area contributed by atoms with E-state index in [0.717, 1.165) is 42.5 Å². The Bertz CT molecular complexity index is 5250. The number of hydrogen-bond acceptors (Lipinski definition) is 23. The molecule has 0 fully saturated rings. The number of phenols is 2. The molecule has 85 heavy (non-hydrogen) atoms. The first-order valence-electron chi connectivity index (χ1n) is 23.7. The van der Waals surface area contributed by atoms with Crippen LogP contribution in [0.1, 0.15) is 0 Å². The zero-order valence-corrected chi connectivity index (χ0v) is 46.5. The Morgan fingerprint density at radius 2 is 0.694 bits per heavy atom. The van der Waals surface area contributed by atoms with Gasteiger partial charge >= 0.3 is 0 Å². The summed E-state index contributed by atoms with van der Waals surface area (Å²) < 4.78 is 174. The maximum absolute atomic E-state index is 12.8. The highest BCUT2D eigenvalue weighted by atomic mass is 32.2. The summed E-state index contributed by atoms with van der Waals surface area (Å²) in [4.78, 5) is -3.54. The molecule has 10 rings (SSSR count). The van der Waals surface area contributed by atoms with Crippen LogP contribution >= 0.6 is 0 Å². The fraction of sp³-hybridized carbons (Fsp3) is 0. The highest BCUT2D eigenvalue weighted by molar-refractivity contribution is 7.87. The van der Waals surface area contributed by atoms with Crippen molar-refractivity contribution < 1.29 is 75.1 Å². The highest BCUT2D eigenvalue weighted by Crippen LogP contribution is 2.46. The van der Waals surface area contributed by atoms with Gasteiger partial charge < -0.3 is 27.0 Å². The summed E-state index contributed by atoms with van der Waals surface area (Å²) in [6.07, 6.45) is 0. The SMILES string of the molecule is Nc1ccc2cc(S(=O)(=O)O)c(N=Nc3ccc(N=Nc4ccc(Nc5ccc(N=Nc6ccc(N=Nc7c(S(=O)(=O)O)cc8ccc(N)cc8c7O)c7ccc(S(=O)(=O)O)cc67)c(S(=O)(=O)O)c5)cc4)c4ccc(S(=O)(=O)O)cc34)c(O)c2c1. The Morgan fingerprint density at radius 1 is 0.318 bits per heavy atom. The third kappa shape index (κ3) is 12.3. The fourth-order valence-electron chi connectivity index (χ4n) is 8.65. The van der Waals surface area contributed by atoms with E-state index in [4.69, 9.17) is 11.5 Å². The molecule has 0 aliphatic heterocycles. The summed E-state index contributed by atoms with van der Waals surface area (Å²) >= 11 is 0. The molecular weight excluding hydrogens is 1210 g/mol. The molecule has 432 valence electrons. The van der Waals surface area contributed by atoms with Crippen LogP contribution in [-0.4, -0.2) is 75.1 Å². The van der Waals surface area contributed by atoms with E-state index in [-0.39, 0.29) is 88.6 Å². The largest absolute Gasteiger partial charge is 0.505 e. The molecule has 10 aromatic carbocycles. The molecule has 10 aromatic rings. The van der Waals surface area contributed by atoms with E-state index in [0.29, 0.717) is 5.69 Å². The molecule has 0 aromatic heterocycles. The van der Waals surface area contributed by atoms with Gasteiger partial charge in [0.1, 0.15) is 31.7 Å². The Hall–Kier alpha value is -9.81. The minimum atomic E-state index is -5.05. The van der Waals surface area contributed by atoms with Gasteiger partial charge in [0.2, 0.25) is 0 Å². The van der Waals surface area contributed by atoms with Crippen molar-refractivity contribution in [2.45, 2.75) is 24.5 Å². The second-order valence-electron chi connectivity index (χ2n) is 18.3. The second kappa shape index (κ2) is 21.7. The van der Waals surface area contributed by atoms with Gasteiger partial charge in [-0.1, -0.05) is 24.3 Å². The second-order valence-corrected chi connectivity index (χ2v) is 25.3. The molecule has 0 radical (unpaired) electrons. The van der Waals surface area contributed by atoms with Crippen LogP contribution in [0.15, 0.2) is 217 Å². The first-order chi connectivity index (χ1) is 39.9. The monoisotopic (exact) mass is 1250 g/mol. The minimum Gasteiger partial charge on any atom is -0.505 e. The smallest absolute Gasteiger partial charge is 0.296 e. The summed E-state index contributed by atoms with van der Waals surface area (Å²) in [5.41, 5.74) is 10.9. The van der Waals surface area contributed by atoms with Crippen LogP contribution in [0.5, 0.6) is 11.5 Å². The predicted octanol–water partition coefficient (Wildman–Crippen LogP) is 12.5. The number of fused-ring (bicyclic) bond motifs is 4. The molecule has 0 aliphatic carbocycles. The lowest BCUT2D eigenvalue weighted by molar-refractivity contribution is 0.472. The molecule has 0 heterocycles. The number of phenolic OH excluding ortho intramolecular Hbond substituents is 2. The molecule has 28 nitrogen and oxygen atoms in total. The number of nitrogens with zero attached hydrogens (tertiary/aromatic N) is 8. The summed E-state index contributed by atoms with van der Waals surface area (Å²) in [5, 5.41) is 58.6. The number of nitrogens with one attached hydrogen (secondary N) is 1. The summed E-state index contributed by atoms with van der Waals surface area (Å²) in [7, 11) is -24.7. The van der Waals surface area contributed by atoms with Crippen LogP contribution < -0.4 is 16.8 Å². The van der Waals surface area contributed by atoms with Gasteiger partial charge in [-0.2, -0.15) is 47.2 Å². The average molecular weight is 1250 g/mol. The molecule has 0 saturated heterocycles. The molecule has 0 bridgehead atoms. The van der Waals surface area contributed by atoms with Gasteiger partial charge in [-0.25, -0.2) is 0 Å². The normalized spacial score (nSPS) is 13.0. The van der Waals surface area contributed by atoms with Crippen molar-refractivity contribution in [3.63, 3.8) is 0 Å². The molecule has 33 heteroatoms. The van der Waals surface area contributed by atoms with Gasteiger partial charge in [-0.3, -0.25) is 22.8 Å². The van der Waals surface area contributed by atoms with Gasteiger partial charge in [0.15, 0.2) is 11.5 Å². The predicted molar refractivity (Wildman–Crippen MR) is 310 cm³/mol. The van der Waals surface area contributed by atoms with E-state index in [1.54, 1.807) is 0 Å². The van der Waals surface area contributed by atoms with Crippen molar-refractivity contribution in [1.29, 1.82) is 0 Å². The Labute approximate surface area is 479 Å². The van der Waals surface area contributed by atoms with E-state index in [1.807, 2.05) is 0 Å². The van der Waals surface area contributed by atoms with Gasteiger partial charge in [0, 0.05) is 55.1 Å². The first-order valence-corrected chi connectivity index (χ1v) is 30.9. The van der Waals surface area contributed by atoms with Crippen LogP contribution in [0.2, 0.25) is 0 Å². The summed E-state index contributed by atoms with van der Waals surface area (Å²) in [5.74, 6) is -1.40. The summed E-state index contributed by atoms with van der Waals surface area (Å²) in [6.45, 7) is 0. The number of benzene rings is 10. The van der Waals surface area contributed by atoms with Crippen molar-refractivity contribution in [3.8, 4) is 11.5 Å². The number of nitrogens with two attached hydrogens (primary N) is 2. The number of hydrogen-bond donors (Lipinski definition) is 10. The Kier molecular flexibility index (Phi) is 14.9. The zero-order chi connectivity index (χ0) is 61.1. The number of aromatic hydroxyl groups is 2. The quantitative estimate of drug-likeness (QED) is 0.0259. The maximum atomic E-state index is 12.8. The molecule has 0 aliphatic rings. The van der Waals surface area contributed by atoms with Gasteiger partial charge in [-0.05, 0) is 138 Å². The average Bonchev–Trinajstić information content (AvgIpc) is 1.57. The van der Waals surface area contributed by atoms with E-state index in [2.05, 4.69) is 46.2 Å².